The molecule has 0 spiro atoms. The van der Waals surface area contributed by atoms with Crippen LogP contribution >= 0.6 is 15.9 Å². The van der Waals surface area contributed by atoms with Gasteiger partial charge in [0.05, 0.1) is 29.8 Å². The number of urea groups is 1. The summed E-state index contributed by atoms with van der Waals surface area (Å²) in [7, 11) is 1.30. The number of halogens is 1. The molecule has 0 aliphatic carbocycles. The maximum atomic E-state index is 12.4. The van der Waals surface area contributed by atoms with Crippen molar-refractivity contribution in [3.8, 4) is 11.5 Å². The molecule has 8 heteroatoms. The summed E-state index contributed by atoms with van der Waals surface area (Å²) in [6.07, 6.45) is 0. The van der Waals surface area contributed by atoms with Gasteiger partial charge in [-0.05, 0) is 54.4 Å². The minimum absolute atomic E-state index is 0.0387. The number of carbonyl (C=O) groups excluding carboxylic acids is 2. The Hall–Kier alpha value is -2.22. The van der Waals surface area contributed by atoms with Crippen LogP contribution in [0.1, 0.15) is 32.4 Å². The molecule has 0 aromatic heterocycles. The summed E-state index contributed by atoms with van der Waals surface area (Å²) in [5.74, 6) is -0.299. The van der Waals surface area contributed by atoms with Gasteiger partial charge >= 0.3 is 12.0 Å². The summed E-state index contributed by atoms with van der Waals surface area (Å²) in [6.45, 7) is 6.12. The molecule has 0 radical (unpaired) electrons. The molecule has 0 bridgehead atoms. The van der Waals surface area contributed by atoms with Gasteiger partial charge in [0.15, 0.2) is 11.5 Å². The van der Waals surface area contributed by atoms with Gasteiger partial charge in [-0.3, -0.25) is 4.90 Å². The van der Waals surface area contributed by atoms with Gasteiger partial charge in [-0.2, -0.15) is 0 Å². The van der Waals surface area contributed by atoms with E-state index in [-0.39, 0.29) is 17.5 Å². The molecule has 1 aliphatic heterocycles. The van der Waals surface area contributed by atoms with Gasteiger partial charge in [0.1, 0.15) is 0 Å². The first-order chi connectivity index (χ1) is 11.8. The van der Waals surface area contributed by atoms with Crippen molar-refractivity contribution in [2.24, 2.45) is 0 Å². The fraction of sp³-hybridized carbons (Fsp3) is 0.412. The largest absolute Gasteiger partial charge is 0.503 e. The quantitative estimate of drug-likeness (QED) is 0.725. The van der Waals surface area contributed by atoms with Crippen molar-refractivity contribution >= 4 is 27.9 Å². The Bertz CT molecular complexity index is 732. The Labute approximate surface area is 154 Å². The number of amides is 2. The minimum Gasteiger partial charge on any atom is -0.503 e. The molecule has 0 saturated heterocycles. The van der Waals surface area contributed by atoms with Crippen molar-refractivity contribution in [3.63, 3.8) is 0 Å². The van der Waals surface area contributed by atoms with Crippen LogP contribution in [-0.4, -0.2) is 42.3 Å². The molecule has 0 saturated carbocycles. The molecule has 1 atom stereocenters. The fourth-order valence-corrected chi connectivity index (χ4v) is 3.27. The van der Waals surface area contributed by atoms with E-state index in [1.54, 1.807) is 26.0 Å². The second kappa shape index (κ2) is 7.77. The van der Waals surface area contributed by atoms with Gasteiger partial charge in [-0.15, -0.1) is 0 Å². The lowest BCUT2D eigenvalue weighted by atomic mass is 9.94. The normalized spacial score (nSPS) is 17.4. The van der Waals surface area contributed by atoms with Crippen LogP contribution in [0.2, 0.25) is 0 Å². The van der Waals surface area contributed by atoms with E-state index < -0.39 is 12.0 Å². The van der Waals surface area contributed by atoms with Crippen molar-refractivity contribution in [3.05, 3.63) is 33.4 Å². The van der Waals surface area contributed by atoms with Crippen molar-refractivity contribution in [2.75, 3.05) is 20.3 Å². The van der Waals surface area contributed by atoms with Crippen LogP contribution in [0, 0.1) is 0 Å². The molecule has 1 heterocycles. The molecular weight excluding hydrogens is 392 g/mol. The van der Waals surface area contributed by atoms with Gasteiger partial charge in [0.25, 0.3) is 0 Å². The Morgan fingerprint density at radius 2 is 2.08 bits per heavy atom. The summed E-state index contributed by atoms with van der Waals surface area (Å²) >= 11 is 3.28. The Morgan fingerprint density at radius 1 is 1.40 bits per heavy atom. The Morgan fingerprint density at radius 3 is 2.64 bits per heavy atom. The molecule has 1 aromatic rings. The number of aromatic hydroxyl groups is 1. The molecule has 2 rings (SSSR count). The molecule has 0 fully saturated rings. The average molecular weight is 413 g/mol. The first-order valence-corrected chi connectivity index (χ1v) is 8.67. The van der Waals surface area contributed by atoms with Crippen molar-refractivity contribution < 1.29 is 24.2 Å². The second-order valence-corrected chi connectivity index (χ2v) is 6.25. The number of esters is 1. The van der Waals surface area contributed by atoms with E-state index in [1.165, 1.54) is 12.0 Å². The SMILES string of the molecule is CCOc1cc([C@@H]2NC(=O)N(CC)C(C)=C2C(=O)OC)cc(Br)c1O. The number of hydrogen-bond acceptors (Lipinski definition) is 5. The average Bonchev–Trinajstić information content (AvgIpc) is 2.58. The summed E-state index contributed by atoms with van der Waals surface area (Å²) < 4.78 is 10.7. The lowest BCUT2D eigenvalue weighted by Crippen LogP contribution is -2.47. The number of phenols is 1. The van der Waals surface area contributed by atoms with Crippen LogP contribution in [0.3, 0.4) is 0 Å². The summed E-state index contributed by atoms with van der Waals surface area (Å²) in [5, 5.41) is 12.9. The highest BCUT2D eigenvalue weighted by Crippen LogP contribution is 2.40. The number of benzene rings is 1. The predicted octanol–water partition coefficient (Wildman–Crippen LogP) is 3.09. The van der Waals surface area contributed by atoms with Crippen LogP contribution in [0.5, 0.6) is 11.5 Å². The summed E-state index contributed by atoms with van der Waals surface area (Å²) in [6, 6.07) is 2.23. The number of ether oxygens (including phenoxy) is 2. The van der Waals surface area contributed by atoms with E-state index in [0.29, 0.717) is 34.5 Å². The molecule has 1 aliphatic rings. The maximum absolute atomic E-state index is 12.4. The first-order valence-electron chi connectivity index (χ1n) is 7.87. The summed E-state index contributed by atoms with van der Waals surface area (Å²) in [4.78, 5) is 26.2. The third-order valence-corrected chi connectivity index (χ3v) is 4.61. The number of rotatable bonds is 5. The van der Waals surface area contributed by atoms with Crippen molar-refractivity contribution in [1.82, 2.24) is 10.2 Å². The monoisotopic (exact) mass is 412 g/mol. The van der Waals surface area contributed by atoms with Crippen LogP contribution < -0.4 is 10.1 Å². The van der Waals surface area contributed by atoms with Crippen LogP contribution in [0.25, 0.3) is 0 Å². The fourth-order valence-electron chi connectivity index (χ4n) is 2.81. The van der Waals surface area contributed by atoms with E-state index in [2.05, 4.69) is 21.2 Å². The van der Waals surface area contributed by atoms with E-state index in [1.807, 2.05) is 6.92 Å². The Kier molecular flexibility index (Phi) is 5.94. The van der Waals surface area contributed by atoms with E-state index >= 15 is 0 Å². The van der Waals surface area contributed by atoms with E-state index in [0.717, 1.165) is 0 Å². The molecule has 0 unspecified atom stereocenters. The molecule has 2 amide bonds. The van der Waals surface area contributed by atoms with Crippen LogP contribution in [0.15, 0.2) is 27.9 Å². The summed E-state index contributed by atoms with van der Waals surface area (Å²) in [5.41, 5.74) is 1.46. The molecule has 136 valence electrons. The van der Waals surface area contributed by atoms with E-state index in [4.69, 9.17) is 9.47 Å². The maximum Gasteiger partial charge on any atom is 0.337 e. The highest BCUT2D eigenvalue weighted by molar-refractivity contribution is 9.10. The van der Waals surface area contributed by atoms with Crippen molar-refractivity contribution in [2.45, 2.75) is 26.8 Å². The third kappa shape index (κ3) is 3.58. The minimum atomic E-state index is -0.709. The lowest BCUT2D eigenvalue weighted by Gasteiger charge is -2.34. The zero-order valence-corrected chi connectivity index (χ0v) is 16.1. The molecule has 7 nitrogen and oxygen atoms in total. The van der Waals surface area contributed by atoms with Gasteiger partial charge in [0.2, 0.25) is 0 Å². The Balaban J connectivity index is 2.61. The third-order valence-electron chi connectivity index (χ3n) is 4.00. The number of methoxy groups -OCH3 is 1. The van der Waals surface area contributed by atoms with Crippen LogP contribution in [-0.2, 0) is 9.53 Å². The number of hydrogen-bond donors (Lipinski definition) is 2. The topological polar surface area (TPSA) is 88.1 Å². The zero-order valence-electron chi connectivity index (χ0n) is 14.6. The highest BCUT2D eigenvalue weighted by Gasteiger charge is 2.36. The number of carbonyl (C=O) groups is 2. The van der Waals surface area contributed by atoms with Gasteiger partial charge in [-0.1, -0.05) is 0 Å². The highest BCUT2D eigenvalue weighted by atomic mass is 79.9. The van der Waals surface area contributed by atoms with Crippen molar-refractivity contribution in [1.29, 1.82) is 0 Å². The van der Waals surface area contributed by atoms with E-state index in [9.17, 15) is 14.7 Å². The molecular formula is C17H21BrN2O5. The second-order valence-electron chi connectivity index (χ2n) is 5.40. The number of phenolic OH excluding ortho intramolecular Hbond substituents is 1. The molecule has 25 heavy (non-hydrogen) atoms. The predicted molar refractivity (Wildman–Crippen MR) is 95.3 cm³/mol. The standard InChI is InChI=1S/C17H21BrN2O5/c1-5-20-9(3)13(16(22)24-4)14(19-17(20)23)10-7-11(18)15(21)12(8-10)25-6-2/h7-8,14,21H,5-6H2,1-4H3,(H,19,23)/t14-/m0/s1. The zero-order chi connectivity index (χ0) is 18.7. The van der Waals surface area contributed by atoms with Gasteiger partial charge < -0.3 is 19.9 Å². The molecule has 2 N–H and O–H groups in total. The van der Waals surface area contributed by atoms with Gasteiger partial charge in [-0.25, -0.2) is 9.59 Å². The molecule has 1 aromatic carbocycles. The van der Waals surface area contributed by atoms with Crippen LogP contribution in [0.4, 0.5) is 4.79 Å². The first kappa shape index (κ1) is 19.1. The smallest absolute Gasteiger partial charge is 0.337 e. The van der Waals surface area contributed by atoms with Gasteiger partial charge in [0, 0.05) is 12.2 Å². The lowest BCUT2D eigenvalue weighted by molar-refractivity contribution is -0.136. The number of allylic oxidation sites excluding steroid dienone is 1. The number of nitrogens with zero attached hydrogens (tertiary/aromatic N) is 1. The number of nitrogens with one attached hydrogen (secondary N) is 1.